The van der Waals surface area contributed by atoms with Gasteiger partial charge < -0.3 is 4.74 Å². The van der Waals surface area contributed by atoms with Gasteiger partial charge in [-0.3, -0.25) is 0 Å². The van der Waals surface area contributed by atoms with E-state index in [1.165, 1.54) is 19.3 Å². The van der Waals surface area contributed by atoms with E-state index in [2.05, 4.69) is 0 Å². The smallest absolute Gasteiger partial charge is 0.219 e. The number of rotatable bonds is 0. The van der Waals surface area contributed by atoms with Crippen LogP contribution < -0.4 is 0 Å². The number of hydrogen-bond acceptors (Lipinski definition) is 3. The molecule has 0 aromatic heterocycles. The molecule has 0 aromatic rings. The van der Waals surface area contributed by atoms with E-state index in [4.69, 9.17) is 17.0 Å². The summed E-state index contributed by atoms with van der Waals surface area (Å²) in [6.07, 6.45) is 3.74. The Balaban J connectivity index is 2.20. The SMILES string of the molecule is S=C1OCCCCCS1. The molecule has 0 bridgehead atoms. The fraction of sp³-hybridized carbons (Fsp3) is 0.833. The predicted molar refractivity (Wildman–Crippen MR) is 44.9 cm³/mol. The molecular formula is C6H10OS2. The van der Waals surface area contributed by atoms with Gasteiger partial charge in [0.15, 0.2) is 0 Å². The molecule has 0 aliphatic carbocycles. The molecule has 0 N–H and O–H groups in total. The number of hydrogen-bond donors (Lipinski definition) is 0. The van der Waals surface area contributed by atoms with Gasteiger partial charge in [0.25, 0.3) is 0 Å². The lowest BCUT2D eigenvalue weighted by molar-refractivity contribution is 0.308. The normalized spacial score (nSPS) is 22.0. The van der Waals surface area contributed by atoms with E-state index < -0.39 is 0 Å². The summed E-state index contributed by atoms with van der Waals surface area (Å²) < 4.78 is 5.91. The molecule has 0 aromatic carbocycles. The maximum atomic E-state index is 5.18. The Morgan fingerprint density at radius 3 is 3.11 bits per heavy atom. The highest BCUT2D eigenvalue weighted by Crippen LogP contribution is 2.13. The molecule has 0 spiro atoms. The quantitative estimate of drug-likeness (QED) is 0.505. The van der Waals surface area contributed by atoms with Crippen molar-refractivity contribution in [2.75, 3.05) is 12.4 Å². The first kappa shape index (κ1) is 7.35. The fourth-order valence-corrected chi connectivity index (χ4v) is 1.75. The predicted octanol–water partition coefficient (Wildman–Crippen LogP) is 2.21. The topological polar surface area (TPSA) is 9.23 Å². The average Bonchev–Trinajstić information content (AvgIpc) is 1.79. The lowest BCUT2D eigenvalue weighted by Crippen LogP contribution is -2.03. The summed E-state index contributed by atoms with van der Waals surface area (Å²) in [5, 5.41) is 0. The van der Waals surface area contributed by atoms with Crippen molar-refractivity contribution in [2.45, 2.75) is 19.3 Å². The molecule has 1 aliphatic heterocycles. The zero-order valence-electron chi connectivity index (χ0n) is 5.26. The van der Waals surface area contributed by atoms with Crippen LogP contribution in [0.1, 0.15) is 19.3 Å². The van der Waals surface area contributed by atoms with Crippen molar-refractivity contribution in [2.24, 2.45) is 0 Å². The Labute approximate surface area is 65.2 Å². The Kier molecular flexibility index (Phi) is 3.36. The van der Waals surface area contributed by atoms with Gasteiger partial charge >= 0.3 is 0 Å². The summed E-state index contributed by atoms with van der Waals surface area (Å²) in [5.41, 5.74) is 0. The van der Waals surface area contributed by atoms with Gasteiger partial charge in [-0.05, 0) is 31.5 Å². The standard InChI is InChI=1S/C6H10OS2/c8-6-7-4-2-1-3-5-9-6/h1-5H2. The fourth-order valence-electron chi connectivity index (χ4n) is 0.734. The van der Waals surface area contributed by atoms with Crippen LogP contribution in [-0.2, 0) is 4.74 Å². The van der Waals surface area contributed by atoms with Gasteiger partial charge in [-0.2, -0.15) is 0 Å². The molecule has 0 atom stereocenters. The molecule has 0 amide bonds. The molecule has 0 saturated carbocycles. The van der Waals surface area contributed by atoms with Crippen molar-refractivity contribution in [1.82, 2.24) is 0 Å². The minimum absolute atomic E-state index is 0.731. The molecule has 1 fully saturated rings. The highest BCUT2D eigenvalue weighted by molar-refractivity contribution is 8.22. The van der Waals surface area contributed by atoms with Crippen LogP contribution in [0.4, 0.5) is 0 Å². The van der Waals surface area contributed by atoms with Crippen LogP contribution in [-0.4, -0.2) is 16.7 Å². The summed E-state index contributed by atoms with van der Waals surface area (Å²) in [4.78, 5) is 0. The van der Waals surface area contributed by atoms with Crippen molar-refractivity contribution < 1.29 is 4.74 Å². The maximum absolute atomic E-state index is 5.18. The summed E-state index contributed by atoms with van der Waals surface area (Å²) in [6, 6.07) is 0. The molecule has 1 aliphatic rings. The van der Waals surface area contributed by atoms with Gasteiger partial charge in [0.2, 0.25) is 4.38 Å². The van der Waals surface area contributed by atoms with E-state index in [0.29, 0.717) is 0 Å². The zero-order chi connectivity index (χ0) is 6.53. The first-order valence-corrected chi connectivity index (χ1v) is 4.58. The van der Waals surface area contributed by atoms with Crippen LogP contribution in [0.5, 0.6) is 0 Å². The third-order valence-corrected chi connectivity index (χ3v) is 2.55. The second-order valence-corrected chi connectivity index (χ2v) is 3.70. The Morgan fingerprint density at radius 2 is 2.22 bits per heavy atom. The van der Waals surface area contributed by atoms with Crippen LogP contribution in [0.15, 0.2) is 0 Å². The van der Waals surface area contributed by atoms with E-state index in [1.54, 1.807) is 11.8 Å². The van der Waals surface area contributed by atoms with E-state index >= 15 is 0 Å². The molecule has 0 radical (unpaired) electrons. The van der Waals surface area contributed by atoms with Gasteiger partial charge in [-0.25, -0.2) is 0 Å². The van der Waals surface area contributed by atoms with Gasteiger partial charge in [0, 0.05) is 5.75 Å². The van der Waals surface area contributed by atoms with Crippen molar-refractivity contribution in [3.8, 4) is 0 Å². The summed E-state index contributed by atoms with van der Waals surface area (Å²) in [7, 11) is 0. The van der Waals surface area contributed by atoms with Crippen molar-refractivity contribution >= 4 is 28.4 Å². The van der Waals surface area contributed by atoms with Gasteiger partial charge in [0.05, 0.1) is 6.61 Å². The van der Waals surface area contributed by atoms with E-state index in [9.17, 15) is 0 Å². The summed E-state index contributed by atoms with van der Waals surface area (Å²) in [6.45, 7) is 0.825. The molecule has 3 heteroatoms. The third kappa shape index (κ3) is 3.06. The van der Waals surface area contributed by atoms with Crippen molar-refractivity contribution in [1.29, 1.82) is 0 Å². The first-order chi connectivity index (χ1) is 4.39. The number of ether oxygens (including phenoxy) is 1. The first-order valence-electron chi connectivity index (χ1n) is 3.19. The van der Waals surface area contributed by atoms with E-state index in [-0.39, 0.29) is 0 Å². The summed E-state index contributed by atoms with van der Waals surface area (Å²) in [5.74, 6) is 1.14. The van der Waals surface area contributed by atoms with Crippen molar-refractivity contribution in [3.05, 3.63) is 0 Å². The minimum Gasteiger partial charge on any atom is -0.479 e. The molecule has 1 heterocycles. The monoisotopic (exact) mass is 162 g/mol. The number of thioether (sulfide) groups is 1. The Bertz CT molecular complexity index is 93.2. The molecule has 1 nitrogen and oxygen atoms in total. The molecule has 0 unspecified atom stereocenters. The maximum Gasteiger partial charge on any atom is 0.219 e. The Morgan fingerprint density at radius 1 is 1.33 bits per heavy atom. The van der Waals surface area contributed by atoms with Crippen LogP contribution >= 0.6 is 24.0 Å². The Hall–Kier alpha value is 0.240. The van der Waals surface area contributed by atoms with Crippen LogP contribution in [0.2, 0.25) is 0 Å². The average molecular weight is 162 g/mol. The largest absolute Gasteiger partial charge is 0.479 e. The lowest BCUT2D eigenvalue weighted by Gasteiger charge is -2.09. The van der Waals surface area contributed by atoms with Gasteiger partial charge in [-0.1, -0.05) is 11.8 Å². The van der Waals surface area contributed by atoms with Crippen LogP contribution in [0.25, 0.3) is 0 Å². The highest BCUT2D eigenvalue weighted by atomic mass is 32.2. The molecule has 52 valence electrons. The third-order valence-electron chi connectivity index (χ3n) is 1.23. The molecular weight excluding hydrogens is 152 g/mol. The second kappa shape index (κ2) is 4.12. The van der Waals surface area contributed by atoms with E-state index in [0.717, 1.165) is 16.7 Å². The molecule has 1 rings (SSSR count). The highest BCUT2D eigenvalue weighted by Gasteiger charge is 2.01. The summed E-state index contributed by atoms with van der Waals surface area (Å²) >= 11 is 6.55. The molecule has 9 heavy (non-hydrogen) atoms. The molecule has 1 saturated heterocycles. The minimum atomic E-state index is 0.731. The second-order valence-electron chi connectivity index (χ2n) is 2.01. The van der Waals surface area contributed by atoms with Crippen molar-refractivity contribution in [3.63, 3.8) is 0 Å². The van der Waals surface area contributed by atoms with E-state index in [1.807, 2.05) is 0 Å². The van der Waals surface area contributed by atoms with Gasteiger partial charge in [-0.15, -0.1) is 0 Å². The van der Waals surface area contributed by atoms with Crippen LogP contribution in [0.3, 0.4) is 0 Å². The number of thiocarbonyl (C=S) groups is 1. The lowest BCUT2D eigenvalue weighted by atomic mass is 10.3. The van der Waals surface area contributed by atoms with Gasteiger partial charge in [0.1, 0.15) is 0 Å². The zero-order valence-corrected chi connectivity index (χ0v) is 6.89. The van der Waals surface area contributed by atoms with Crippen LogP contribution in [0, 0.1) is 0 Å².